The molecular formula is C13H18N4O2. The topological polar surface area (TPSA) is 92.1 Å². The van der Waals surface area contributed by atoms with Gasteiger partial charge in [-0.3, -0.25) is 9.59 Å². The van der Waals surface area contributed by atoms with E-state index in [2.05, 4.69) is 9.97 Å². The predicted octanol–water partition coefficient (Wildman–Crippen LogP) is -0.0307. The van der Waals surface area contributed by atoms with Crippen molar-refractivity contribution >= 4 is 5.91 Å². The van der Waals surface area contributed by atoms with Crippen LogP contribution in [0.4, 0.5) is 0 Å². The number of hydrogen-bond acceptors (Lipinski definition) is 4. The van der Waals surface area contributed by atoms with Crippen LogP contribution in [-0.4, -0.2) is 39.9 Å². The van der Waals surface area contributed by atoms with Crippen LogP contribution in [0.15, 0.2) is 17.2 Å². The van der Waals surface area contributed by atoms with Crippen LogP contribution in [0.25, 0.3) is 0 Å². The molecule has 1 aromatic heterocycles. The van der Waals surface area contributed by atoms with Gasteiger partial charge in [0, 0.05) is 25.3 Å². The number of rotatable bonds is 1. The first-order valence-corrected chi connectivity index (χ1v) is 6.73. The zero-order valence-corrected chi connectivity index (χ0v) is 10.7. The van der Waals surface area contributed by atoms with E-state index < -0.39 is 0 Å². The fraction of sp³-hybridized carbons (Fsp3) is 0.615. The van der Waals surface area contributed by atoms with Crippen LogP contribution in [0.1, 0.15) is 29.8 Å². The quantitative estimate of drug-likeness (QED) is 0.743. The summed E-state index contributed by atoms with van der Waals surface area (Å²) in [5, 5.41) is 0. The molecule has 1 aromatic rings. The Bertz CT molecular complexity index is 521. The fourth-order valence-electron chi connectivity index (χ4n) is 3.25. The lowest BCUT2D eigenvalue weighted by Crippen LogP contribution is -2.32. The van der Waals surface area contributed by atoms with Crippen molar-refractivity contribution in [3.05, 3.63) is 28.4 Å². The number of fused-ring (bicyclic) bond motifs is 1. The molecule has 2 heterocycles. The molecule has 6 heteroatoms. The smallest absolute Gasteiger partial charge is 0.273 e. The van der Waals surface area contributed by atoms with Gasteiger partial charge in [-0.1, -0.05) is 0 Å². The van der Waals surface area contributed by atoms with Crippen LogP contribution < -0.4 is 11.3 Å². The van der Waals surface area contributed by atoms with Crippen molar-refractivity contribution in [2.75, 3.05) is 13.1 Å². The predicted molar refractivity (Wildman–Crippen MR) is 69.6 cm³/mol. The molecule has 3 atom stereocenters. The molecule has 1 saturated carbocycles. The first-order chi connectivity index (χ1) is 9.13. The summed E-state index contributed by atoms with van der Waals surface area (Å²) < 4.78 is 0. The van der Waals surface area contributed by atoms with Crippen LogP contribution in [0.2, 0.25) is 0 Å². The summed E-state index contributed by atoms with van der Waals surface area (Å²) in [6, 6.07) is 0.280. The van der Waals surface area contributed by atoms with E-state index in [4.69, 9.17) is 5.73 Å². The van der Waals surface area contributed by atoms with Gasteiger partial charge < -0.3 is 15.6 Å². The second kappa shape index (κ2) is 4.77. The van der Waals surface area contributed by atoms with Gasteiger partial charge in [0.25, 0.3) is 11.5 Å². The van der Waals surface area contributed by atoms with E-state index in [1.54, 1.807) is 0 Å². The molecule has 102 valence electrons. The molecule has 1 amide bonds. The zero-order valence-electron chi connectivity index (χ0n) is 10.7. The number of H-pyrrole nitrogens is 1. The van der Waals surface area contributed by atoms with Crippen molar-refractivity contribution < 1.29 is 4.79 Å². The molecule has 2 fully saturated rings. The molecule has 6 nitrogen and oxygen atoms in total. The van der Waals surface area contributed by atoms with Crippen molar-refractivity contribution in [2.24, 2.45) is 17.6 Å². The van der Waals surface area contributed by atoms with Gasteiger partial charge in [-0.15, -0.1) is 0 Å². The standard InChI is InChI=1S/C13H18N4O2/c14-10-2-1-8-6-17(7-9(8)3-10)13(19)11-4-16-12(18)5-15-11/h4-5,8-10H,1-3,6-7,14H2,(H,16,18)/t8-,9+,10?/m1/s1. The van der Waals surface area contributed by atoms with Gasteiger partial charge in [0.2, 0.25) is 0 Å². The monoisotopic (exact) mass is 262 g/mol. The molecule has 0 aromatic carbocycles. The minimum Gasteiger partial charge on any atom is -0.337 e. The van der Waals surface area contributed by atoms with Gasteiger partial charge in [-0.25, -0.2) is 4.98 Å². The van der Waals surface area contributed by atoms with E-state index in [1.807, 2.05) is 4.90 Å². The van der Waals surface area contributed by atoms with E-state index in [1.165, 1.54) is 6.20 Å². The van der Waals surface area contributed by atoms with E-state index in [0.29, 0.717) is 17.5 Å². The molecule has 0 radical (unpaired) electrons. The van der Waals surface area contributed by atoms with Gasteiger partial charge in [0.1, 0.15) is 5.69 Å². The summed E-state index contributed by atoms with van der Waals surface area (Å²) in [6.07, 6.45) is 5.70. The van der Waals surface area contributed by atoms with Crippen LogP contribution in [0.3, 0.4) is 0 Å². The Hall–Kier alpha value is -1.69. The summed E-state index contributed by atoms with van der Waals surface area (Å²) in [5.74, 6) is 1.00. The second-order valence-corrected chi connectivity index (χ2v) is 5.60. The minimum atomic E-state index is -0.294. The Morgan fingerprint density at radius 3 is 2.89 bits per heavy atom. The van der Waals surface area contributed by atoms with Crippen LogP contribution >= 0.6 is 0 Å². The number of amides is 1. The van der Waals surface area contributed by atoms with E-state index >= 15 is 0 Å². The Morgan fingerprint density at radius 2 is 2.16 bits per heavy atom. The lowest BCUT2D eigenvalue weighted by Gasteiger charge is -2.27. The lowest BCUT2D eigenvalue weighted by molar-refractivity contribution is 0.0777. The molecule has 3 N–H and O–H groups in total. The third kappa shape index (κ3) is 2.40. The van der Waals surface area contributed by atoms with E-state index in [9.17, 15) is 9.59 Å². The average molecular weight is 262 g/mol. The van der Waals surface area contributed by atoms with Crippen molar-refractivity contribution in [1.82, 2.24) is 14.9 Å². The molecule has 0 spiro atoms. The van der Waals surface area contributed by atoms with Crippen LogP contribution in [0, 0.1) is 11.8 Å². The van der Waals surface area contributed by atoms with Gasteiger partial charge >= 0.3 is 0 Å². The molecule has 0 bridgehead atoms. The van der Waals surface area contributed by atoms with Crippen molar-refractivity contribution in [3.8, 4) is 0 Å². The lowest BCUT2D eigenvalue weighted by atomic mass is 9.79. The molecule has 1 aliphatic carbocycles. The molecule has 3 rings (SSSR count). The summed E-state index contributed by atoms with van der Waals surface area (Å²) in [7, 11) is 0. The Labute approximate surface area is 111 Å². The highest BCUT2D eigenvalue weighted by Gasteiger charge is 2.38. The maximum atomic E-state index is 12.3. The molecular weight excluding hydrogens is 244 g/mol. The Kier molecular flexibility index (Phi) is 3.10. The number of carbonyl (C=O) groups excluding carboxylic acids is 1. The first kappa shape index (κ1) is 12.3. The van der Waals surface area contributed by atoms with Gasteiger partial charge in [-0.05, 0) is 31.1 Å². The number of carbonyl (C=O) groups is 1. The summed E-state index contributed by atoms with van der Waals surface area (Å²) in [4.78, 5) is 31.5. The molecule has 19 heavy (non-hydrogen) atoms. The number of aromatic amines is 1. The molecule has 1 unspecified atom stereocenters. The fourth-order valence-corrected chi connectivity index (χ4v) is 3.25. The third-order valence-corrected chi connectivity index (χ3v) is 4.27. The summed E-state index contributed by atoms with van der Waals surface area (Å²) in [5.41, 5.74) is 6.00. The number of likely N-dealkylation sites (tertiary alicyclic amines) is 1. The maximum Gasteiger partial charge on any atom is 0.273 e. The second-order valence-electron chi connectivity index (χ2n) is 5.60. The molecule has 1 aliphatic heterocycles. The minimum absolute atomic E-state index is 0.0979. The highest BCUT2D eigenvalue weighted by Crippen LogP contribution is 2.35. The maximum absolute atomic E-state index is 12.3. The van der Waals surface area contributed by atoms with E-state index in [0.717, 1.165) is 38.5 Å². The Morgan fingerprint density at radius 1 is 1.37 bits per heavy atom. The third-order valence-electron chi connectivity index (χ3n) is 4.27. The average Bonchev–Trinajstić information content (AvgIpc) is 2.81. The van der Waals surface area contributed by atoms with Crippen LogP contribution in [-0.2, 0) is 0 Å². The SMILES string of the molecule is NC1CC[C@@H]2CN(C(=O)c3c[nH]c(=O)cn3)C[C@@H]2C1. The first-order valence-electron chi connectivity index (χ1n) is 6.73. The van der Waals surface area contributed by atoms with Gasteiger partial charge in [0.15, 0.2) is 0 Å². The highest BCUT2D eigenvalue weighted by molar-refractivity contribution is 5.92. The number of nitrogens with zero attached hydrogens (tertiary/aromatic N) is 2. The highest BCUT2D eigenvalue weighted by atomic mass is 16.2. The van der Waals surface area contributed by atoms with Crippen LogP contribution in [0.5, 0.6) is 0 Å². The Balaban J connectivity index is 1.72. The largest absolute Gasteiger partial charge is 0.337 e. The molecule has 2 aliphatic rings. The molecule has 1 saturated heterocycles. The summed E-state index contributed by atoms with van der Waals surface area (Å²) >= 11 is 0. The number of nitrogens with two attached hydrogens (primary N) is 1. The normalized spacial score (nSPS) is 30.2. The van der Waals surface area contributed by atoms with Crippen molar-refractivity contribution in [1.29, 1.82) is 0 Å². The van der Waals surface area contributed by atoms with Gasteiger partial charge in [0.05, 0.1) is 6.20 Å². The summed E-state index contributed by atoms with van der Waals surface area (Å²) in [6.45, 7) is 1.55. The van der Waals surface area contributed by atoms with E-state index in [-0.39, 0.29) is 17.5 Å². The number of hydrogen-bond donors (Lipinski definition) is 2. The van der Waals surface area contributed by atoms with Gasteiger partial charge in [-0.2, -0.15) is 0 Å². The number of nitrogens with one attached hydrogen (secondary N) is 1. The zero-order chi connectivity index (χ0) is 13.4. The van der Waals surface area contributed by atoms with Crippen molar-refractivity contribution in [2.45, 2.75) is 25.3 Å². The van der Waals surface area contributed by atoms with Crippen molar-refractivity contribution in [3.63, 3.8) is 0 Å². The number of aromatic nitrogens is 2.